The molecule has 0 aliphatic rings. The van der Waals surface area contributed by atoms with Crippen LogP contribution in [0.25, 0.3) is 117 Å². The molecule has 0 unspecified atom stereocenters. The molecule has 0 N–H and O–H groups in total. The van der Waals surface area contributed by atoms with E-state index in [1.165, 1.54) is 117 Å². The number of benzene rings is 10. The second-order valence-electron chi connectivity index (χ2n) is 14.3. The first-order valence-electron chi connectivity index (χ1n) is 18.5. The molecule has 0 atom stereocenters. The van der Waals surface area contributed by atoms with Gasteiger partial charge >= 0.3 is 0 Å². The standard InChI is InChI=1S/C52H30S2/c1-2-12-35-32(10-1)11-9-18-36(35)50-39-15-5-3-13-37(39)49(38-14-4-6-16-40(38)50)33-22-20-31(21-23-33)34-24-28-47-45(30-34)43-26-25-41-42(52(43)54-47)27-29-48-51(41)44-17-7-8-19-46(44)53-48/h1-30H. The van der Waals surface area contributed by atoms with Crippen LogP contribution in [0.5, 0.6) is 0 Å². The number of fused-ring (bicyclic) bond motifs is 12. The Labute approximate surface area is 319 Å². The van der Waals surface area contributed by atoms with Crippen molar-refractivity contribution in [3.05, 3.63) is 182 Å². The van der Waals surface area contributed by atoms with Crippen molar-refractivity contribution in [3.63, 3.8) is 0 Å². The Morgan fingerprint density at radius 3 is 1.59 bits per heavy atom. The zero-order valence-electron chi connectivity index (χ0n) is 29.1. The van der Waals surface area contributed by atoms with E-state index in [9.17, 15) is 0 Å². The van der Waals surface area contributed by atoms with Crippen LogP contribution in [0.2, 0.25) is 0 Å². The van der Waals surface area contributed by atoms with Gasteiger partial charge in [0, 0.05) is 45.7 Å². The quantitative estimate of drug-likeness (QED) is 0.160. The zero-order chi connectivity index (χ0) is 35.3. The topological polar surface area (TPSA) is 0 Å². The molecule has 2 aromatic heterocycles. The summed E-state index contributed by atoms with van der Waals surface area (Å²) in [6, 6.07) is 67.8. The maximum absolute atomic E-state index is 2.40. The predicted octanol–water partition coefficient (Wildman–Crippen LogP) is 16.0. The van der Waals surface area contributed by atoms with Crippen LogP contribution in [0.3, 0.4) is 0 Å². The lowest BCUT2D eigenvalue weighted by Gasteiger charge is -2.19. The molecule has 250 valence electrons. The molecule has 0 radical (unpaired) electrons. The molecule has 0 fully saturated rings. The summed E-state index contributed by atoms with van der Waals surface area (Å²) >= 11 is 3.81. The average molecular weight is 719 g/mol. The third kappa shape index (κ3) is 4.36. The van der Waals surface area contributed by atoms with Gasteiger partial charge in [0.15, 0.2) is 0 Å². The van der Waals surface area contributed by atoms with E-state index < -0.39 is 0 Å². The van der Waals surface area contributed by atoms with Crippen LogP contribution in [0.15, 0.2) is 182 Å². The van der Waals surface area contributed by atoms with Crippen molar-refractivity contribution in [2.45, 2.75) is 0 Å². The average Bonchev–Trinajstić information content (AvgIpc) is 3.81. The van der Waals surface area contributed by atoms with E-state index in [0.717, 1.165) is 0 Å². The van der Waals surface area contributed by atoms with Crippen LogP contribution in [0.1, 0.15) is 0 Å². The molecule has 0 aliphatic heterocycles. The van der Waals surface area contributed by atoms with Gasteiger partial charge in [0.1, 0.15) is 0 Å². The first-order valence-corrected chi connectivity index (χ1v) is 20.1. The number of thiophene rings is 2. The van der Waals surface area contributed by atoms with Crippen LogP contribution in [0, 0.1) is 0 Å². The second-order valence-corrected chi connectivity index (χ2v) is 16.5. The second kappa shape index (κ2) is 11.6. The highest BCUT2D eigenvalue weighted by atomic mass is 32.1. The van der Waals surface area contributed by atoms with Gasteiger partial charge in [-0.1, -0.05) is 158 Å². The van der Waals surface area contributed by atoms with Gasteiger partial charge in [-0.3, -0.25) is 0 Å². The van der Waals surface area contributed by atoms with Gasteiger partial charge in [-0.05, 0) is 95.3 Å². The van der Waals surface area contributed by atoms with Gasteiger partial charge in [0.05, 0.1) is 0 Å². The van der Waals surface area contributed by atoms with E-state index in [4.69, 9.17) is 0 Å². The lowest BCUT2D eigenvalue weighted by Crippen LogP contribution is -1.91. The molecule has 10 aromatic carbocycles. The first kappa shape index (κ1) is 30.2. The molecule has 0 nitrogen and oxygen atoms in total. The van der Waals surface area contributed by atoms with Gasteiger partial charge < -0.3 is 0 Å². The predicted molar refractivity (Wildman–Crippen MR) is 239 cm³/mol. The maximum Gasteiger partial charge on any atom is 0.0434 e. The van der Waals surface area contributed by atoms with Crippen molar-refractivity contribution >= 4 is 106 Å². The fourth-order valence-corrected chi connectivity index (χ4v) is 11.4. The van der Waals surface area contributed by atoms with E-state index >= 15 is 0 Å². The van der Waals surface area contributed by atoms with Gasteiger partial charge in [0.2, 0.25) is 0 Å². The van der Waals surface area contributed by atoms with Crippen molar-refractivity contribution in [2.24, 2.45) is 0 Å². The van der Waals surface area contributed by atoms with Crippen molar-refractivity contribution in [1.29, 1.82) is 0 Å². The molecule has 0 amide bonds. The summed E-state index contributed by atoms with van der Waals surface area (Å²) in [6.07, 6.45) is 0. The highest BCUT2D eigenvalue weighted by molar-refractivity contribution is 7.27. The van der Waals surface area contributed by atoms with Crippen LogP contribution >= 0.6 is 22.7 Å². The fourth-order valence-electron chi connectivity index (χ4n) is 9.04. The van der Waals surface area contributed by atoms with E-state index in [2.05, 4.69) is 182 Å². The van der Waals surface area contributed by atoms with E-state index in [0.29, 0.717) is 0 Å². The minimum absolute atomic E-state index is 1.23. The van der Waals surface area contributed by atoms with Crippen molar-refractivity contribution in [3.8, 4) is 33.4 Å². The highest BCUT2D eigenvalue weighted by Gasteiger charge is 2.19. The highest BCUT2D eigenvalue weighted by Crippen LogP contribution is 2.47. The third-order valence-electron chi connectivity index (χ3n) is 11.5. The molecule has 0 spiro atoms. The molecule has 2 heterocycles. The smallest absolute Gasteiger partial charge is 0.0434 e. The monoisotopic (exact) mass is 718 g/mol. The lowest BCUT2D eigenvalue weighted by atomic mass is 9.84. The summed E-state index contributed by atoms with van der Waals surface area (Å²) in [5, 5.41) is 15.8. The fraction of sp³-hybridized carbons (Fsp3) is 0. The Morgan fingerprint density at radius 2 is 0.815 bits per heavy atom. The van der Waals surface area contributed by atoms with Gasteiger partial charge in [0.25, 0.3) is 0 Å². The van der Waals surface area contributed by atoms with E-state index in [1.807, 2.05) is 22.7 Å². The van der Waals surface area contributed by atoms with Crippen LogP contribution in [-0.2, 0) is 0 Å². The summed E-state index contributed by atoms with van der Waals surface area (Å²) in [6.45, 7) is 0. The Balaban J connectivity index is 0.998. The van der Waals surface area contributed by atoms with Crippen LogP contribution in [-0.4, -0.2) is 0 Å². The largest absolute Gasteiger partial charge is 0.135 e. The molecule has 0 aliphatic carbocycles. The molecular formula is C52H30S2. The summed E-state index contributed by atoms with van der Waals surface area (Å²) in [4.78, 5) is 0. The first-order chi connectivity index (χ1) is 26.8. The molecular weight excluding hydrogens is 689 g/mol. The summed E-state index contributed by atoms with van der Waals surface area (Å²) < 4.78 is 5.42. The Morgan fingerprint density at radius 1 is 0.278 bits per heavy atom. The van der Waals surface area contributed by atoms with E-state index in [-0.39, 0.29) is 0 Å². The lowest BCUT2D eigenvalue weighted by molar-refractivity contribution is 1.64. The zero-order valence-corrected chi connectivity index (χ0v) is 30.8. The molecule has 0 saturated heterocycles. The Kier molecular flexibility index (Phi) is 6.48. The van der Waals surface area contributed by atoms with Gasteiger partial charge in [-0.2, -0.15) is 0 Å². The number of hydrogen-bond donors (Lipinski definition) is 0. The molecule has 0 bridgehead atoms. The Bertz CT molecular complexity index is 3430. The van der Waals surface area contributed by atoms with Crippen LogP contribution in [0.4, 0.5) is 0 Å². The van der Waals surface area contributed by atoms with E-state index in [1.54, 1.807) is 0 Å². The maximum atomic E-state index is 2.40. The van der Waals surface area contributed by atoms with Crippen molar-refractivity contribution in [2.75, 3.05) is 0 Å². The molecule has 2 heteroatoms. The molecule has 0 saturated carbocycles. The number of hydrogen-bond acceptors (Lipinski definition) is 2. The van der Waals surface area contributed by atoms with Crippen molar-refractivity contribution < 1.29 is 0 Å². The molecule has 54 heavy (non-hydrogen) atoms. The normalized spacial score (nSPS) is 12.1. The third-order valence-corrected chi connectivity index (χ3v) is 13.8. The number of rotatable bonds is 3. The SMILES string of the molecule is c1ccc2c(-c3c4ccccc4c(-c4ccc(-c5ccc6sc7c(ccc8c7ccc7sc9ccccc9c78)c6c5)cc4)c4ccccc34)cccc2c1. The minimum atomic E-state index is 1.23. The molecule has 12 aromatic rings. The van der Waals surface area contributed by atoms with Gasteiger partial charge in [-0.25, -0.2) is 0 Å². The summed E-state index contributed by atoms with van der Waals surface area (Å²) in [5.74, 6) is 0. The van der Waals surface area contributed by atoms with Gasteiger partial charge in [-0.15, -0.1) is 22.7 Å². The van der Waals surface area contributed by atoms with Crippen molar-refractivity contribution in [1.82, 2.24) is 0 Å². The summed E-state index contributed by atoms with van der Waals surface area (Å²) in [5.41, 5.74) is 7.57. The summed E-state index contributed by atoms with van der Waals surface area (Å²) in [7, 11) is 0. The molecule has 12 rings (SSSR count). The Hall–Kier alpha value is -6.32. The van der Waals surface area contributed by atoms with Crippen LogP contribution < -0.4 is 0 Å². The minimum Gasteiger partial charge on any atom is -0.135 e.